The molecule has 8 nitrogen and oxygen atoms in total. The van der Waals surface area contributed by atoms with E-state index in [1.807, 2.05) is 0 Å². The van der Waals surface area contributed by atoms with Crippen molar-refractivity contribution in [1.82, 2.24) is 0 Å². The molecule has 0 fully saturated rings. The first-order valence-electron chi connectivity index (χ1n) is 7.92. The Balaban J connectivity index is 2.18. The van der Waals surface area contributed by atoms with E-state index in [0.717, 1.165) is 0 Å². The summed E-state index contributed by atoms with van der Waals surface area (Å²) in [6.07, 6.45) is 0. The number of esters is 1. The average molecular weight is 392 g/mol. The van der Waals surface area contributed by atoms with Gasteiger partial charge in [-0.15, -0.1) is 0 Å². The molecule has 2 aromatic rings. The number of hydrogen-bond acceptors (Lipinski definition) is 6. The Morgan fingerprint density at radius 2 is 1.78 bits per heavy atom. The lowest BCUT2D eigenvalue weighted by Gasteiger charge is -2.12. The van der Waals surface area contributed by atoms with E-state index in [1.165, 1.54) is 38.3 Å². The van der Waals surface area contributed by atoms with Crippen molar-refractivity contribution < 1.29 is 27.5 Å². The third-order valence-corrected chi connectivity index (χ3v) is 4.84. The average Bonchev–Trinajstić information content (AvgIpc) is 2.59. The molecule has 0 aliphatic heterocycles. The molecule has 2 N–H and O–H groups in total. The summed E-state index contributed by atoms with van der Waals surface area (Å²) in [5.41, 5.74) is 1.34. The van der Waals surface area contributed by atoms with Crippen molar-refractivity contribution in [3.63, 3.8) is 0 Å². The van der Waals surface area contributed by atoms with Crippen LogP contribution in [0.25, 0.3) is 0 Å². The van der Waals surface area contributed by atoms with Crippen molar-refractivity contribution >= 4 is 33.3 Å². The second kappa shape index (κ2) is 8.54. The maximum atomic E-state index is 12.6. The molecule has 0 aliphatic carbocycles. The third-order valence-electron chi connectivity index (χ3n) is 3.47. The van der Waals surface area contributed by atoms with E-state index in [1.54, 1.807) is 25.1 Å². The fourth-order valence-corrected chi connectivity index (χ4v) is 3.36. The Kier molecular flexibility index (Phi) is 6.40. The number of anilines is 2. The van der Waals surface area contributed by atoms with Gasteiger partial charge in [-0.2, -0.15) is 0 Å². The van der Waals surface area contributed by atoms with Gasteiger partial charge < -0.3 is 14.8 Å². The zero-order valence-corrected chi connectivity index (χ0v) is 15.9. The van der Waals surface area contributed by atoms with Crippen LogP contribution in [0.3, 0.4) is 0 Å². The van der Waals surface area contributed by atoms with E-state index in [4.69, 9.17) is 4.74 Å². The molecule has 0 aliphatic rings. The van der Waals surface area contributed by atoms with Crippen LogP contribution >= 0.6 is 0 Å². The van der Waals surface area contributed by atoms with Gasteiger partial charge in [-0.25, -0.2) is 13.2 Å². The smallest absolute Gasteiger partial charge is 0.343 e. The summed E-state index contributed by atoms with van der Waals surface area (Å²) in [4.78, 5) is 22.3. The van der Waals surface area contributed by atoms with Crippen LogP contribution in [0.15, 0.2) is 47.4 Å². The molecule has 27 heavy (non-hydrogen) atoms. The van der Waals surface area contributed by atoms with Crippen LogP contribution in [0.1, 0.15) is 12.5 Å². The monoisotopic (exact) mass is 392 g/mol. The number of carbonyl (C=O) groups is 2. The van der Waals surface area contributed by atoms with Crippen LogP contribution < -0.4 is 14.8 Å². The first-order chi connectivity index (χ1) is 12.7. The van der Waals surface area contributed by atoms with E-state index in [0.29, 0.717) is 22.7 Å². The fourth-order valence-electron chi connectivity index (χ4n) is 2.22. The maximum Gasteiger partial charge on any atom is 0.343 e. The molecule has 0 heterocycles. The number of hydrogen-bond donors (Lipinski definition) is 2. The predicted octanol–water partition coefficient (Wildman–Crippen LogP) is 2.31. The molecule has 0 aromatic heterocycles. The zero-order valence-electron chi connectivity index (χ0n) is 15.1. The topological polar surface area (TPSA) is 111 Å². The van der Waals surface area contributed by atoms with E-state index in [9.17, 15) is 18.0 Å². The molecule has 0 radical (unpaired) electrons. The quantitative estimate of drug-likeness (QED) is 0.700. The highest BCUT2D eigenvalue weighted by atomic mass is 32.2. The van der Waals surface area contributed by atoms with Gasteiger partial charge in [0.05, 0.1) is 17.7 Å². The number of ether oxygens (including phenoxy) is 2. The minimum Gasteiger partial charge on any atom is -0.482 e. The largest absolute Gasteiger partial charge is 0.482 e. The van der Waals surface area contributed by atoms with Crippen molar-refractivity contribution in [3.8, 4) is 5.75 Å². The molecule has 0 spiro atoms. The van der Waals surface area contributed by atoms with Crippen LogP contribution in [-0.4, -0.2) is 34.0 Å². The van der Waals surface area contributed by atoms with Gasteiger partial charge in [0.2, 0.25) is 5.91 Å². The fraction of sp³-hybridized carbons (Fsp3) is 0.222. The molecule has 0 saturated carbocycles. The predicted molar refractivity (Wildman–Crippen MR) is 100 cm³/mol. The van der Waals surface area contributed by atoms with Crippen LogP contribution in [0, 0.1) is 6.92 Å². The van der Waals surface area contributed by atoms with Gasteiger partial charge >= 0.3 is 5.97 Å². The number of aryl methyl sites for hydroxylation is 1. The molecule has 2 aromatic carbocycles. The number of rotatable bonds is 7. The minimum atomic E-state index is -3.84. The Morgan fingerprint density at radius 1 is 1.07 bits per heavy atom. The summed E-state index contributed by atoms with van der Waals surface area (Å²) in [6.45, 7) is 2.77. The molecule has 1 amide bonds. The van der Waals surface area contributed by atoms with Crippen LogP contribution in [0.5, 0.6) is 5.75 Å². The number of carbonyl (C=O) groups excluding carboxylic acids is 2. The molecular weight excluding hydrogens is 372 g/mol. The molecule has 144 valence electrons. The van der Waals surface area contributed by atoms with Crippen molar-refractivity contribution in [2.45, 2.75) is 18.7 Å². The Bertz CT molecular complexity index is 956. The summed E-state index contributed by atoms with van der Waals surface area (Å²) >= 11 is 0. The summed E-state index contributed by atoms with van der Waals surface area (Å²) in [7, 11) is -2.59. The van der Waals surface area contributed by atoms with Gasteiger partial charge in [-0.3, -0.25) is 9.52 Å². The molecule has 0 atom stereocenters. The first-order valence-corrected chi connectivity index (χ1v) is 9.40. The zero-order chi connectivity index (χ0) is 20.0. The molecule has 0 unspecified atom stereocenters. The highest BCUT2D eigenvalue weighted by Crippen LogP contribution is 2.24. The van der Waals surface area contributed by atoms with Crippen molar-refractivity contribution in [3.05, 3.63) is 48.0 Å². The molecular formula is C18H20N2O6S. The second-order valence-electron chi connectivity index (χ2n) is 5.66. The highest BCUT2D eigenvalue weighted by Gasteiger charge is 2.16. The van der Waals surface area contributed by atoms with Gasteiger partial charge in [-0.1, -0.05) is 6.07 Å². The first kappa shape index (κ1) is 20.2. The summed E-state index contributed by atoms with van der Waals surface area (Å²) in [5, 5.41) is 2.59. The van der Waals surface area contributed by atoms with Crippen LogP contribution in [0.2, 0.25) is 0 Å². The number of benzene rings is 2. The van der Waals surface area contributed by atoms with E-state index in [2.05, 4.69) is 14.8 Å². The van der Waals surface area contributed by atoms with Crippen molar-refractivity contribution in [2.24, 2.45) is 0 Å². The van der Waals surface area contributed by atoms with Crippen LogP contribution in [0.4, 0.5) is 11.4 Å². The second-order valence-corrected chi connectivity index (χ2v) is 7.34. The standard InChI is InChI=1S/C18H20N2O6S/c1-12-9-16(7-8-17(12)26-11-18(22)25-3)27(23,24)20-15-6-4-5-14(10-15)19-13(2)21/h4-10,20H,11H2,1-3H3,(H,19,21). The van der Waals surface area contributed by atoms with E-state index < -0.39 is 16.0 Å². The third kappa shape index (κ3) is 5.71. The highest BCUT2D eigenvalue weighted by molar-refractivity contribution is 7.92. The SMILES string of the molecule is COC(=O)COc1ccc(S(=O)(=O)Nc2cccc(NC(C)=O)c2)cc1C. The van der Waals surface area contributed by atoms with Gasteiger partial charge in [0, 0.05) is 12.6 Å². The number of amides is 1. The number of sulfonamides is 1. The van der Waals surface area contributed by atoms with Gasteiger partial charge in [0.15, 0.2) is 6.61 Å². The van der Waals surface area contributed by atoms with Gasteiger partial charge in [0.1, 0.15) is 5.75 Å². The Labute approximate surface area is 157 Å². The van der Waals surface area contributed by atoms with Crippen LogP contribution in [-0.2, 0) is 24.3 Å². The molecule has 0 saturated heterocycles. The number of nitrogens with one attached hydrogen (secondary N) is 2. The van der Waals surface area contributed by atoms with Crippen molar-refractivity contribution in [2.75, 3.05) is 23.8 Å². The van der Waals surface area contributed by atoms with E-state index in [-0.39, 0.29) is 17.4 Å². The lowest BCUT2D eigenvalue weighted by atomic mass is 10.2. The summed E-state index contributed by atoms with van der Waals surface area (Å²) < 4.78 is 37.4. The Morgan fingerprint density at radius 3 is 2.41 bits per heavy atom. The Hall–Kier alpha value is -3.07. The minimum absolute atomic E-state index is 0.0374. The lowest BCUT2D eigenvalue weighted by molar-refractivity contribution is -0.142. The van der Waals surface area contributed by atoms with E-state index >= 15 is 0 Å². The van der Waals surface area contributed by atoms with Gasteiger partial charge in [-0.05, 0) is 48.9 Å². The maximum absolute atomic E-state index is 12.6. The number of methoxy groups -OCH3 is 1. The van der Waals surface area contributed by atoms with Gasteiger partial charge in [0.25, 0.3) is 10.0 Å². The van der Waals surface area contributed by atoms with Crippen molar-refractivity contribution in [1.29, 1.82) is 0 Å². The normalized spacial score (nSPS) is 10.8. The summed E-state index contributed by atoms with van der Waals surface area (Å²) in [6, 6.07) is 10.6. The molecule has 0 bridgehead atoms. The lowest BCUT2D eigenvalue weighted by Crippen LogP contribution is -2.15. The summed E-state index contributed by atoms with van der Waals surface area (Å²) in [5.74, 6) is -0.410. The molecule has 9 heteroatoms. The molecule has 2 rings (SSSR count).